The lowest BCUT2D eigenvalue weighted by Crippen LogP contribution is -2.45. The number of hydrogen-bond donors (Lipinski definition) is 3. The Hall–Kier alpha value is -1.39. The van der Waals surface area contributed by atoms with Crippen LogP contribution in [0.1, 0.15) is 316 Å². The number of allylic oxidation sites excluding steroid dienone is 5. The zero-order valence-corrected chi connectivity index (χ0v) is 42.9. The number of hydrogen-bond acceptors (Lipinski definition) is 3. The second-order valence-corrected chi connectivity index (χ2v) is 19.7. The maximum absolute atomic E-state index is 12.5. The Morgan fingerprint density at radius 1 is 0.381 bits per heavy atom. The second kappa shape index (κ2) is 54.9. The molecule has 0 radical (unpaired) electrons. The number of carbonyl (C=O) groups is 1. The van der Waals surface area contributed by atoms with Gasteiger partial charge < -0.3 is 15.5 Å². The molecule has 3 N–H and O–H groups in total. The highest BCUT2D eigenvalue weighted by Crippen LogP contribution is 2.17. The van der Waals surface area contributed by atoms with Crippen molar-refractivity contribution < 1.29 is 15.0 Å². The first kappa shape index (κ1) is 61.6. The van der Waals surface area contributed by atoms with E-state index in [1.807, 2.05) is 6.08 Å². The number of aliphatic hydroxyl groups is 2. The summed E-state index contributed by atoms with van der Waals surface area (Å²) in [5.74, 6) is -0.0583. The third-order valence-corrected chi connectivity index (χ3v) is 13.4. The van der Waals surface area contributed by atoms with Crippen molar-refractivity contribution in [1.82, 2.24) is 5.32 Å². The Kier molecular flexibility index (Phi) is 53.7. The fourth-order valence-corrected chi connectivity index (χ4v) is 8.98. The maximum atomic E-state index is 12.5. The topological polar surface area (TPSA) is 69.6 Å². The first-order valence-electron chi connectivity index (χ1n) is 28.7. The Bertz CT molecular complexity index is 958. The summed E-state index contributed by atoms with van der Waals surface area (Å²) in [5.41, 5.74) is 0. The Morgan fingerprint density at radius 2 is 0.651 bits per heavy atom. The molecule has 0 fully saturated rings. The molecule has 0 heterocycles. The monoisotopic (exact) mass is 884 g/mol. The summed E-state index contributed by atoms with van der Waals surface area (Å²) in [6, 6.07) is -0.620. The molecule has 0 aromatic rings. The largest absolute Gasteiger partial charge is 0.394 e. The van der Waals surface area contributed by atoms with Gasteiger partial charge in [0.2, 0.25) is 5.91 Å². The molecule has 2 atom stereocenters. The third-order valence-electron chi connectivity index (χ3n) is 13.4. The number of unbranched alkanes of at least 4 members (excludes halogenated alkanes) is 42. The van der Waals surface area contributed by atoms with Crippen LogP contribution in [0.25, 0.3) is 0 Å². The van der Waals surface area contributed by atoms with Crippen LogP contribution in [0.4, 0.5) is 0 Å². The summed E-state index contributed by atoms with van der Waals surface area (Å²) < 4.78 is 0. The van der Waals surface area contributed by atoms with E-state index in [1.54, 1.807) is 6.08 Å². The first-order chi connectivity index (χ1) is 31.2. The van der Waals surface area contributed by atoms with Crippen molar-refractivity contribution >= 4 is 5.91 Å². The van der Waals surface area contributed by atoms with Gasteiger partial charge in [-0.25, -0.2) is 0 Å². The third kappa shape index (κ3) is 51.5. The zero-order chi connectivity index (χ0) is 45.6. The average molecular weight is 885 g/mol. The minimum Gasteiger partial charge on any atom is -0.394 e. The summed E-state index contributed by atoms with van der Waals surface area (Å²) in [6.07, 6.45) is 74.6. The van der Waals surface area contributed by atoms with Gasteiger partial charge in [-0.05, 0) is 51.4 Å². The molecular weight excluding hydrogens is 771 g/mol. The Morgan fingerprint density at radius 3 is 0.952 bits per heavy atom. The number of rotatable bonds is 53. The fraction of sp³-hybridized carbons (Fsp3) is 0.881. The second-order valence-electron chi connectivity index (χ2n) is 19.7. The van der Waals surface area contributed by atoms with Gasteiger partial charge in [-0.2, -0.15) is 0 Å². The molecule has 0 aromatic heterocycles. The highest BCUT2D eigenvalue weighted by atomic mass is 16.3. The molecule has 0 rings (SSSR count). The molecule has 0 aromatic carbocycles. The molecule has 63 heavy (non-hydrogen) atoms. The van der Waals surface area contributed by atoms with Crippen molar-refractivity contribution in [2.45, 2.75) is 328 Å². The van der Waals surface area contributed by atoms with E-state index in [0.29, 0.717) is 6.42 Å². The molecule has 4 heteroatoms. The lowest BCUT2D eigenvalue weighted by molar-refractivity contribution is -0.123. The summed E-state index contributed by atoms with van der Waals surface area (Å²) >= 11 is 0. The molecule has 372 valence electrons. The van der Waals surface area contributed by atoms with Crippen LogP contribution in [0, 0.1) is 0 Å². The molecule has 0 bridgehead atoms. The predicted molar refractivity (Wildman–Crippen MR) is 281 cm³/mol. The standard InChI is InChI=1S/C59H113NO3/c1-3-5-7-9-11-13-15-17-19-21-23-24-25-26-27-28-29-30-31-32-33-34-35-36-37-39-41-43-45-47-49-51-53-55-59(63)60-57(56-61)58(62)54-52-50-48-46-44-42-40-38-22-20-18-16-14-12-10-8-6-4-2/h15,17,21,23,52,54,57-58,61-62H,3-14,16,18-20,22,24-51,53,55-56H2,1-2H3,(H,60,63)/b17-15-,23-21-,54-52+. The van der Waals surface area contributed by atoms with E-state index in [0.717, 1.165) is 32.1 Å². The van der Waals surface area contributed by atoms with Crippen LogP contribution in [0.15, 0.2) is 36.5 Å². The van der Waals surface area contributed by atoms with Crippen LogP contribution in [0.2, 0.25) is 0 Å². The van der Waals surface area contributed by atoms with Crippen LogP contribution >= 0.6 is 0 Å². The molecule has 4 nitrogen and oxygen atoms in total. The highest BCUT2D eigenvalue weighted by Gasteiger charge is 2.18. The van der Waals surface area contributed by atoms with Gasteiger partial charge in [0.1, 0.15) is 0 Å². The number of amides is 1. The quantitative estimate of drug-likeness (QED) is 0.0421. The highest BCUT2D eigenvalue weighted by molar-refractivity contribution is 5.76. The van der Waals surface area contributed by atoms with Crippen molar-refractivity contribution in [3.63, 3.8) is 0 Å². The number of carbonyl (C=O) groups excluding carboxylic acids is 1. The van der Waals surface area contributed by atoms with Crippen LogP contribution in [-0.2, 0) is 4.79 Å². The van der Waals surface area contributed by atoms with Gasteiger partial charge >= 0.3 is 0 Å². The Balaban J connectivity index is 3.43. The summed E-state index contributed by atoms with van der Waals surface area (Å²) in [7, 11) is 0. The van der Waals surface area contributed by atoms with E-state index in [1.165, 1.54) is 263 Å². The lowest BCUT2D eigenvalue weighted by Gasteiger charge is -2.20. The van der Waals surface area contributed by atoms with Gasteiger partial charge in [0, 0.05) is 6.42 Å². The van der Waals surface area contributed by atoms with Crippen LogP contribution < -0.4 is 5.32 Å². The van der Waals surface area contributed by atoms with Crippen molar-refractivity contribution in [2.24, 2.45) is 0 Å². The predicted octanol–water partition coefficient (Wildman–Crippen LogP) is 18.9. The van der Waals surface area contributed by atoms with Crippen LogP contribution in [-0.4, -0.2) is 34.9 Å². The number of nitrogens with one attached hydrogen (secondary N) is 1. The Labute approximate surface area is 395 Å². The molecule has 1 amide bonds. The molecular formula is C59H113NO3. The van der Waals surface area contributed by atoms with Crippen molar-refractivity contribution in [2.75, 3.05) is 6.61 Å². The fourth-order valence-electron chi connectivity index (χ4n) is 8.98. The average Bonchev–Trinajstić information content (AvgIpc) is 3.29. The molecule has 0 saturated carbocycles. The molecule has 0 aliphatic rings. The maximum Gasteiger partial charge on any atom is 0.220 e. The normalized spacial score (nSPS) is 13.0. The van der Waals surface area contributed by atoms with Crippen molar-refractivity contribution in [3.05, 3.63) is 36.5 Å². The zero-order valence-electron chi connectivity index (χ0n) is 42.9. The van der Waals surface area contributed by atoms with Gasteiger partial charge in [0.05, 0.1) is 18.8 Å². The minimum absolute atomic E-state index is 0.0583. The number of aliphatic hydroxyl groups excluding tert-OH is 2. The first-order valence-corrected chi connectivity index (χ1v) is 28.7. The molecule has 0 spiro atoms. The van der Waals surface area contributed by atoms with Gasteiger partial charge in [-0.15, -0.1) is 0 Å². The van der Waals surface area contributed by atoms with E-state index in [9.17, 15) is 15.0 Å². The van der Waals surface area contributed by atoms with Crippen molar-refractivity contribution in [1.29, 1.82) is 0 Å². The van der Waals surface area contributed by atoms with Gasteiger partial charge in [-0.1, -0.05) is 294 Å². The smallest absolute Gasteiger partial charge is 0.220 e. The lowest BCUT2D eigenvalue weighted by atomic mass is 10.0. The summed E-state index contributed by atoms with van der Waals surface area (Å²) in [4.78, 5) is 12.5. The molecule has 0 aliphatic heterocycles. The van der Waals surface area contributed by atoms with E-state index in [-0.39, 0.29) is 12.5 Å². The van der Waals surface area contributed by atoms with Gasteiger partial charge in [-0.3, -0.25) is 4.79 Å². The van der Waals surface area contributed by atoms with E-state index < -0.39 is 12.1 Å². The minimum atomic E-state index is -0.837. The van der Waals surface area contributed by atoms with Gasteiger partial charge in [0.25, 0.3) is 0 Å². The molecule has 2 unspecified atom stereocenters. The van der Waals surface area contributed by atoms with Crippen LogP contribution in [0.5, 0.6) is 0 Å². The SMILES string of the molecule is CCCCCCC/C=C\C/C=C\CCCCCCCCCCCCCCCCCCCCCCCC(=O)NC(CO)C(O)/C=C/CCCCCCCCCCCCCCCCCC. The molecule has 0 aliphatic carbocycles. The van der Waals surface area contributed by atoms with Crippen LogP contribution in [0.3, 0.4) is 0 Å². The van der Waals surface area contributed by atoms with E-state index >= 15 is 0 Å². The van der Waals surface area contributed by atoms with E-state index in [2.05, 4.69) is 43.5 Å². The van der Waals surface area contributed by atoms with Gasteiger partial charge in [0.15, 0.2) is 0 Å². The summed E-state index contributed by atoms with van der Waals surface area (Å²) in [5, 5.41) is 23.2. The molecule has 0 saturated heterocycles. The summed E-state index contributed by atoms with van der Waals surface area (Å²) in [6.45, 7) is 4.33. The van der Waals surface area contributed by atoms with E-state index in [4.69, 9.17) is 0 Å². The van der Waals surface area contributed by atoms with Crippen molar-refractivity contribution in [3.8, 4) is 0 Å².